The van der Waals surface area contributed by atoms with Gasteiger partial charge in [0, 0.05) is 0 Å². The molecule has 0 spiro atoms. The molecule has 16 heavy (non-hydrogen) atoms. The van der Waals surface area contributed by atoms with Gasteiger partial charge in [0.1, 0.15) is 0 Å². The molecule has 7 heteroatoms. The third kappa shape index (κ3) is 2.43. The average Bonchev–Trinajstić information content (AvgIpc) is 2.23. The summed E-state index contributed by atoms with van der Waals surface area (Å²) in [6, 6.07) is 5.44. The van der Waals surface area contributed by atoms with Crippen LogP contribution >= 0.6 is 23.2 Å². The molecular formula is C9H7As2Cl2N3. The Balaban J connectivity index is 2.63. The zero-order valence-corrected chi connectivity index (χ0v) is 14.3. The van der Waals surface area contributed by atoms with Gasteiger partial charge >= 0.3 is 121 Å². The van der Waals surface area contributed by atoms with Crippen molar-refractivity contribution < 1.29 is 0 Å². The number of halogens is 2. The van der Waals surface area contributed by atoms with E-state index in [1.807, 2.05) is 12.1 Å². The Morgan fingerprint density at radius 1 is 1.06 bits per heavy atom. The molecule has 0 bridgehead atoms. The van der Waals surface area contributed by atoms with E-state index in [4.69, 9.17) is 23.2 Å². The minimum absolute atomic E-state index is 0.494. The molecule has 82 valence electrons. The Morgan fingerprint density at radius 3 is 2.50 bits per heavy atom. The van der Waals surface area contributed by atoms with Crippen molar-refractivity contribution in [2.24, 2.45) is 0 Å². The van der Waals surface area contributed by atoms with Crippen LogP contribution in [-0.2, 0) is 0 Å². The second-order valence-corrected chi connectivity index (χ2v) is 6.02. The van der Waals surface area contributed by atoms with Crippen molar-refractivity contribution in [1.82, 2.24) is 15.2 Å². The molecule has 0 aliphatic heterocycles. The van der Waals surface area contributed by atoms with Crippen LogP contribution in [0.15, 0.2) is 18.2 Å². The topological polar surface area (TPSA) is 38.7 Å². The molecule has 2 rings (SSSR count). The summed E-state index contributed by atoms with van der Waals surface area (Å²) in [4.78, 5) is 4.30. The van der Waals surface area contributed by atoms with Crippen LogP contribution in [0.4, 0.5) is 0 Å². The van der Waals surface area contributed by atoms with E-state index in [0.29, 0.717) is 20.4 Å². The third-order valence-electron chi connectivity index (χ3n) is 1.94. The van der Waals surface area contributed by atoms with Gasteiger partial charge in [-0.05, 0) is 0 Å². The molecule has 2 atom stereocenters. The summed E-state index contributed by atoms with van der Waals surface area (Å²) in [5.74, 6) is 0. The van der Waals surface area contributed by atoms with Gasteiger partial charge < -0.3 is 0 Å². The van der Waals surface area contributed by atoms with Gasteiger partial charge in [-0.1, -0.05) is 0 Å². The van der Waals surface area contributed by atoms with E-state index in [2.05, 4.69) is 15.2 Å². The molecule has 0 aliphatic carbocycles. The Morgan fingerprint density at radius 2 is 1.81 bits per heavy atom. The Hall–Kier alpha value is -0.0731. The van der Waals surface area contributed by atoms with Crippen molar-refractivity contribution in [2.75, 3.05) is 0 Å². The molecule has 0 saturated heterocycles. The Kier molecular flexibility index (Phi) is 3.91. The van der Waals surface area contributed by atoms with Crippen LogP contribution < -0.4 is 9.09 Å². The minimum atomic E-state index is 0.494. The van der Waals surface area contributed by atoms with Crippen LogP contribution in [0, 0.1) is 0 Å². The van der Waals surface area contributed by atoms with Crippen LogP contribution in [0.3, 0.4) is 0 Å². The summed E-state index contributed by atoms with van der Waals surface area (Å²) in [6.45, 7) is 0. The molecule has 0 amide bonds. The molecule has 0 radical (unpaired) electrons. The van der Waals surface area contributed by atoms with Crippen LogP contribution in [0.2, 0.25) is 10.0 Å². The van der Waals surface area contributed by atoms with Crippen molar-refractivity contribution in [2.45, 2.75) is 0 Å². The SMILES string of the molecule is Clc1cccc(-c2nnc([AsH2])nc2[AsH2])c1Cl. The molecule has 1 heterocycles. The average molecular weight is 378 g/mol. The summed E-state index contributed by atoms with van der Waals surface area (Å²) in [6.07, 6.45) is 0. The van der Waals surface area contributed by atoms with Gasteiger partial charge in [0.2, 0.25) is 0 Å². The first-order chi connectivity index (χ1) is 7.59. The molecule has 0 fully saturated rings. The van der Waals surface area contributed by atoms with E-state index in [9.17, 15) is 0 Å². The van der Waals surface area contributed by atoms with E-state index >= 15 is 0 Å². The molecule has 0 N–H and O–H groups in total. The normalized spacial score (nSPS) is 10.5. The summed E-state index contributed by atoms with van der Waals surface area (Å²) < 4.78 is 1.58. The summed E-state index contributed by atoms with van der Waals surface area (Å²) in [7, 11) is 0. The Bertz CT molecular complexity index is 548. The van der Waals surface area contributed by atoms with E-state index in [0.717, 1.165) is 10.0 Å². The molecular weight excluding hydrogens is 371 g/mol. The standard InChI is InChI=1S/C9H7As2Cl2N3/c10-8-7(15-16-9(11)14-8)4-2-1-3-5(12)6(4)13/h1-3H,10-11H2. The summed E-state index contributed by atoms with van der Waals surface area (Å²) in [5.41, 5.74) is 1.48. The van der Waals surface area contributed by atoms with Crippen molar-refractivity contribution >= 4 is 66.0 Å². The number of nitrogens with zero attached hydrogens (tertiary/aromatic N) is 3. The maximum atomic E-state index is 6.12. The number of hydrogen-bond donors (Lipinski definition) is 0. The second-order valence-electron chi connectivity index (χ2n) is 3.01. The van der Waals surface area contributed by atoms with Gasteiger partial charge in [0.05, 0.1) is 0 Å². The number of rotatable bonds is 1. The maximum absolute atomic E-state index is 6.12. The van der Waals surface area contributed by atoms with Gasteiger partial charge in [-0.15, -0.1) is 0 Å². The van der Waals surface area contributed by atoms with Gasteiger partial charge in [0.25, 0.3) is 0 Å². The molecule has 1 aromatic carbocycles. The van der Waals surface area contributed by atoms with E-state index < -0.39 is 0 Å². The zero-order chi connectivity index (χ0) is 11.7. The third-order valence-corrected chi connectivity index (χ3v) is 4.11. The molecule has 0 saturated carbocycles. The summed E-state index contributed by atoms with van der Waals surface area (Å²) in [5, 5.41) is 9.09. The van der Waals surface area contributed by atoms with E-state index in [1.165, 1.54) is 33.7 Å². The fraction of sp³-hybridized carbons (Fsp3) is 0. The van der Waals surface area contributed by atoms with Gasteiger partial charge in [-0.3, -0.25) is 0 Å². The van der Waals surface area contributed by atoms with Crippen LogP contribution in [0.5, 0.6) is 0 Å². The van der Waals surface area contributed by atoms with Crippen LogP contribution in [0.25, 0.3) is 11.3 Å². The monoisotopic (exact) mass is 377 g/mol. The van der Waals surface area contributed by atoms with Crippen LogP contribution in [0.1, 0.15) is 0 Å². The second kappa shape index (κ2) is 5.06. The fourth-order valence-electron chi connectivity index (χ4n) is 1.23. The fourth-order valence-corrected chi connectivity index (χ4v) is 3.41. The first kappa shape index (κ1) is 12.4. The van der Waals surface area contributed by atoms with Crippen molar-refractivity contribution in [3.63, 3.8) is 0 Å². The number of benzene rings is 1. The predicted molar refractivity (Wildman–Crippen MR) is 71.6 cm³/mol. The van der Waals surface area contributed by atoms with Crippen molar-refractivity contribution in [3.8, 4) is 11.3 Å². The molecule has 2 aromatic rings. The zero-order valence-electron chi connectivity index (χ0n) is 7.98. The van der Waals surface area contributed by atoms with E-state index in [-0.39, 0.29) is 0 Å². The van der Waals surface area contributed by atoms with Gasteiger partial charge in [-0.2, -0.15) is 0 Å². The van der Waals surface area contributed by atoms with Crippen LogP contribution in [-0.4, -0.2) is 48.9 Å². The number of hydrogen-bond acceptors (Lipinski definition) is 3. The van der Waals surface area contributed by atoms with Crippen molar-refractivity contribution in [1.29, 1.82) is 0 Å². The predicted octanol–water partition coefficient (Wildman–Crippen LogP) is -0.638. The number of aromatic nitrogens is 3. The van der Waals surface area contributed by atoms with E-state index in [1.54, 1.807) is 6.07 Å². The first-order valence-corrected chi connectivity index (χ1v) is 7.47. The van der Waals surface area contributed by atoms with Gasteiger partial charge in [0.15, 0.2) is 0 Å². The molecule has 3 nitrogen and oxygen atoms in total. The Labute approximate surface area is 120 Å². The molecule has 0 aliphatic rings. The first-order valence-electron chi connectivity index (χ1n) is 4.29. The molecule has 1 aromatic heterocycles. The molecule has 2 unspecified atom stereocenters. The van der Waals surface area contributed by atoms with Crippen molar-refractivity contribution in [3.05, 3.63) is 28.2 Å². The summed E-state index contributed by atoms with van der Waals surface area (Å²) >= 11 is 14.8. The quantitative estimate of drug-likeness (QED) is 0.621. The van der Waals surface area contributed by atoms with Gasteiger partial charge in [-0.25, -0.2) is 0 Å².